The molecule has 1 aromatic rings. The molecule has 1 aromatic carbocycles. The summed E-state index contributed by atoms with van der Waals surface area (Å²) in [6.07, 6.45) is 3.50. The molecule has 1 fully saturated rings. The molecule has 104 valence electrons. The molecule has 0 aliphatic carbocycles. The Bertz CT molecular complexity index is 461. The van der Waals surface area contributed by atoms with E-state index in [4.69, 9.17) is 0 Å². The number of carbonyl (C=O) groups excluding carboxylic acids is 1. The molecule has 3 nitrogen and oxygen atoms in total. The minimum Gasteiger partial charge on any atom is -0.350 e. The number of amides is 1. The number of likely N-dealkylation sites (tertiary alicyclic amines) is 1. The molecular formula is C15H21FN2O. The Morgan fingerprint density at radius 1 is 1.47 bits per heavy atom. The summed E-state index contributed by atoms with van der Waals surface area (Å²) in [6.45, 7) is 3.51. The van der Waals surface area contributed by atoms with Gasteiger partial charge in [0.25, 0.3) is 5.91 Å². The Labute approximate surface area is 113 Å². The summed E-state index contributed by atoms with van der Waals surface area (Å²) in [5.41, 5.74) is 1.03. The second-order valence-electron chi connectivity index (χ2n) is 5.32. The number of likely N-dealkylation sites (N-methyl/N-ethyl adjacent to an activating group) is 1. The zero-order chi connectivity index (χ0) is 13.8. The van der Waals surface area contributed by atoms with Gasteiger partial charge >= 0.3 is 0 Å². The van der Waals surface area contributed by atoms with Crippen LogP contribution in [-0.4, -0.2) is 37.0 Å². The quantitative estimate of drug-likeness (QED) is 0.909. The summed E-state index contributed by atoms with van der Waals surface area (Å²) in [5.74, 6) is -0.778. The van der Waals surface area contributed by atoms with Crippen LogP contribution in [0.4, 0.5) is 4.39 Å². The summed E-state index contributed by atoms with van der Waals surface area (Å²) < 4.78 is 13.6. The summed E-state index contributed by atoms with van der Waals surface area (Å²) in [7, 11) is 2.07. The molecule has 1 amide bonds. The van der Waals surface area contributed by atoms with Crippen LogP contribution in [-0.2, 0) is 0 Å². The van der Waals surface area contributed by atoms with E-state index in [9.17, 15) is 9.18 Å². The summed E-state index contributed by atoms with van der Waals surface area (Å²) in [6, 6.07) is 4.97. The normalized spacial score (nSPS) is 20.3. The Morgan fingerprint density at radius 2 is 2.26 bits per heavy atom. The maximum absolute atomic E-state index is 13.6. The maximum atomic E-state index is 13.6. The average Bonchev–Trinajstić information content (AvgIpc) is 2.40. The third-order valence-corrected chi connectivity index (χ3v) is 3.79. The van der Waals surface area contributed by atoms with Crippen LogP contribution in [0.2, 0.25) is 0 Å². The smallest absolute Gasteiger partial charge is 0.254 e. The topological polar surface area (TPSA) is 32.3 Å². The number of aryl methyl sites for hydroxylation is 1. The van der Waals surface area contributed by atoms with E-state index >= 15 is 0 Å². The molecule has 0 bridgehead atoms. The van der Waals surface area contributed by atoms with Crippen LogP contribution >= 0.6 is 0 Å². The molecular weight excluding hydrogens is 243 g/mol. The number of rotatable bonds is 3. The summed E-state index contributed by atoms with van der Waals surface area (Å²) in [5, 5.41) is 2.85. The Kier molecular flexibility index (Phi) is 4.53. The van der Waals surface area contributed by atoms with E-state index in [1.807, 2.05) is 6.92 Å². The number of carbonyl (C=O) groups is 1. The third-order valence-electron chi connectivity index (χ3n) is 3.79. The molecule has 1 atom stereocenters. The highest BCUT2D eigenvalue weighted by Gasteiger charge is 2.20. The molecule has 0 aromatic heterocycles. The number of hydrogen-bond donors (Lipinski definition) is 1. The summed E-state index contributed by atoms with van der Waals surface area (Å²) >= 11 is 0. The zero-order valence-electron chi connectivity index (χ0n) is 11.6. The number of piperidine rings is 1. The van der Waals surface area contributed by atoms with Gasteiger partial charge in [0, 0.05) is 12.6 Å². The highest BCUT2D eigenvalue weighted by molar-refractivity contribution is 5.94. The molecule has 4 heteroatoms. The van der Waals surface area contributed by atoms with Crippen LogP contribution in [0.25, 0.3) is 0 Å². The molecule has 1 aliphatic heterocycles. The molecule has 19 heavy (non-hydrogen) atoms. The van der Waals surface area contributed by atoms with E-state index in [2.05, 4.69) is 17.3 Å². The lowest BCUT2D eigenvalue weighted by Crippen LogP contribution is -2.44. The van der Waals surface area contributed by atoms with Crippen molar-refractivity contribution in [3.8, 4) is 0 Å². The standard InChI is InChI=1S/C15H21FN2O/c1-11-6-7-14(16)13(9-11)15(19)17-10-12-5-3-4-8-18(12)2/h6-7,9,12H,3-5,8,10H2,1-2H3,(H,17,19). The fraction of sp³-hybridized carbons (Fsp3) is 0.533. The first kappa shape index (κ1) is 14.0. The molecule has 1 unspecified atom stereocenters. The van der Waals surface area contributed by atoms with Gasteiger partial charge in [-0.05, 0) is 45.5 Å². The molecule has 2 rings (SSSR count). The fourth-order valence-electron chi connectivity index (χ4n) is 2.52. The van der Waals surface area contributed by atoms with Gasteiger partial charge in [-0.3, -0.25) is 4.79 Å². The van der Waals surface area contributed by atoms with E-state index in [0.29, 0.717) is 12.6 Å². The van der Waals surface area contributed by atoms with Crippen LogP contribution in [0.15, 0.2) is 18.2 Å². The van der Waals surface area contributed by atoms with Gasteiger partial charge in [0.2, 0.25) is 0 Å². The van der Waals surface area contributed by atoms with Crippen molar-refractivity contribution in [2.45, 2.75) is 32.2 Å². The van der Waals surface area contributed by atoms with E-state index in [1.165, 1.54) is 18.9 Å². The first-order valence-electron chi connectivity index (χ1n) is 6.82. The lowest BCUT2D eigenvalue weighted by atomic mass is 10.0. The van der Waals surface area contributed by atoms with E-state index in [1.54, 1.807) is 12.1 Å². The number of nitrogens with one attached hydrogen (secondary N) is 1. The van der Waals surface area contributed by atoms with Crippen LogP contribution in [0, 0.1) is 12.7 Å². The minimum atomic E-state index is -0.458. The third kappa shape index (κ3) is 3.53. The van der Waals surface area contributed by atoms with Crippen LogP contribution in [0.1, 0.15) is 35.2 Å². The lowest BCUT2D eigenvalue weighted by molar-refractivity contribution is 0.0924. The first-order valence-corrected chi connectivity index (χ1v) is 6.82. The Hall–Kier alpha value is -1.42. The van der Waals surface area contributed by atoms with Crippen LogP contribution < -0.4 is 5.32 Å². The summed E-state index contributed by atoms with van der Waals surface area (Å²) in [4.78, 5) is 14.3. The molecule has 1 saturated heterocycles. The minimum absolute atomic E-state index is 0.137. The molecule has 0 spiro atoms. The van der Waals surface area contributed by atoms with Crippen molar-refractivity contribution < 1.29 is 9.18 Å². The highest BCUT2D eigenvalue weighted by Crippen LogP contribution is 2.15. The first-order chi connectivity index (χ1) is 9.08. The van der Waals surface area contributed by atoms with Gasteiger partial charge in [0.1, 0.15) is 5.82 Å². The largest absolute Gasteiger partial charge is 0.350 e. The number of halogens is 1. The SMILES string of the molecule is Cc1ccc(F)c(C(=O)NCC2CCCCN2C)c1. The second-order valence-corrected chi connectivity index (χ2v) is 5.32. The monoisotopic (exact) mass is 264 g/mol. The van der Waals surface area contributed by atoms with Gasteiger partial charge in [0.05, 0.1) is 5.56 Å². The van der Waals surface area contributed by atoms with Gasteiger partial charge in [-0.15, -0.1) is 0 Å². The van der Waals surface area contributed by atoms with Gasteiger partial charge in [-0.2, -0.15) is 0 Å². The Balaban J connectivity index is 1.95. The van der Waals surface area contributed by atoms with Crippen molar-refractivity contribution >= 4 is 5.91 Å². The number of nitrogens with zero attached hydrogens (tertiary/aromatic N) is 1. The predicted octanol–water partition coefficient (Wildman–Crippen LogP) is 2.35. The fourth-order valence-corrected chi connectivity index (χ4v) is 2.52. The predicted molar refractivity (Wildman–Crippen MR) is 73.7 cm³/mol. The maximum Gasteiger partial charge on any atom is 0.254 e. The second kappa shape index (κ2) is 6.15. The van der Waals surface area contributed by atoms with Gasteiger partial charge in [-0.25, -0.2) is 4.39 Å². The Morgan fingerprint density at radius 3 is 3.00 bits per heavy atom. The van der Waals surface area contributed by atoms with Crippen molar-refractivity contribution in [3.63, 3.8) is 0 Å². The van der Waals surface area contributed by atoms with E-state index in [-0.39, 0.29) is 11.5 Å². The molecule has 1 aliphatic rings. The van der Waals surface area contributed by atoms with Crippen molar-refractivity contribution in [1.29, 1.82) is 0 Å². The van der Waals surface area contributed by atoms with Gasteiger partial charge in [-0.1, -0.05) is 18.1 Å². The van der Waals surface area contributed by atoms with Crippen molar-refractivity contribution in [2.24, 2.45) is 0 Å². The number of benzene rings is 1. The molecule has 0 saturated carbocycles. The van der Waals surface area contributed by atoms with Crippen LogP contribution in [0.5, 0.6) is 0 Å². The zero-order valence-corrected chi connectivity index (χ0v) is 11.6. The molecule has 1 N–H and O–H groups in total. The van der Waals surface area contributed by atoms with Gasteiger partial charge in [0.15, 0.2) is 0 Å². The number of hydrogen-bond acceptors (Lipinski definition) is 2. The van der Waals surface area contributed by atoms with Gasteiger partial charge < -0.3 is 10.2 Å². The van der Waals surface area contributed by atoms with Crippen molar-refractivity contribution in [3.05, 3.63) is 35.1 Å². The van der Waals surface area contributed by atoms with E-state index in [0.717, 1.165) is 18.5 Å². The molecule has 0 radical (unpaired) electrons. The highest BCUT2D eigenvalue weighted by atomic mass is 19.1. The van der Waals surface area contributed by atoms with Crippen LogP contribution in [0.3, 0.4) is 0 Å². The van der Waals surface area contributed by atoms with E-state index < -0.39 is 5.82 Å². The van der Waals surface area contributed by atoms with Crippen molar-refractivity contribution in [1.82, 2.24) is 10.2 Å². The molecule has 1 heterocycles. The van der Waals surface area contributed by atoms with Crippen molar-refractivity contribution in [2.75, 3.05) is 20.1 Å². The average molecular weight is 264 g/mol. The lowest BCUT2D eigenvalue weighted by Gasteiger charge is -2.32.